The molecule has 1 aromatic rings. The number of nitrogens with zero attached hydrogens (tertiary/aromatic N) is 2. The summed E-state index contributed by atoms with van der Waals surface area (Å²) in [6.45, 7) is 0.424. The van der Waals surface area contributed by atoms with Gasteiger partial charge in [-0.2, -0.15) is 11.8 Å². The third-order valence-corrected chi connectivity index (χ3v) is 4.50. The molecule has 0 aromatic carbocycles. The molecule has 9 heteroatoms. The number of hydrogen-bond donors (Lipinski definition) is 3. The number of nitrogens with two attached hydrogens (primary N) is 1. The van der Waals surface area contributed by atoms with Crippen LogP contribution in [0.5, 0.6) is 0 Å². The van der Waals surface area contributed by atoms with Gasteiger partial charge in [0.1, 0.15) is 4.90 Å². The SMILES string of the molecule is CSCCCCCNS(=O)(=O)c1cnc(NN)nc1. The molecule has 0 bridgehead atoms. The fourth-order valence-corrected chi connectivity index (χ4v) is 2.82. The molecule has 0 saturated carbocycles. The molecule has 1 aromatic heterocycles. The van der Waals surface area contributed by atoms with E-state index in [0.717, 1.165) is 25.0 Å². The smallest absolute Gasteiger partial charge is 0.243 e. The lowest BCUT2D eigenvalue weighted by Gasteiger charge is -2.06. The zero-order chi connectivity index (χ0) is 14.1. The van der Waals surface area contributed by atoms with Gasteiger partial charge >= 0.3 is 0 Å². The Kier molecular flexibility index (Phi) is 7.06. The van der Waals surface area contributed by atoms with E-state index in [9.17, 15) is 8.42 Å². The number of unbranched alkanes of at least 4 members (excludes halogenated alkanes) is 2. The van der Waals surface area contributed by atoms with Crippen molar-refractivity contribution >= 4 is 27.7 Å². The molecule has 0 atom stereocenters. The molecule has 0 spiro atoms. The number of hydrazine groups is 1. The minimum absolute atomic E-state index is 0.0376. The highest BCUT2D eigenvalue weighted by molar-refractivity contribution is 7.98. The van der Waals surface area contributed by atoms with E-state index in [0.29, 0.717) is 6.54 Å². The van der Waals surface area contributed by atoms with Crippen LogP contribution >= 0.6 is 11.8 Å². The van der Waals surface area contributed by atoms with Gasteiger partial charge in [-0.1, -0.05) is 6.42 Å². The lowest BCUT2D eigenvalue weighted by Crippen LogP contribution is -2.25. The highest BCUT2D eigenvalue weighted by Gasteiger charge is 2.14. The van der Waals surface area contributed by atoms with E-state index >= 15 is 0 Å². The van der Waals surface area contributed by atoms with Gasteiger partial charge in [0.05, 0.1) is 12.4 Å². The van der Waals surface area contributed by atoms with Crippen LogP contribution in [0.3, 0.4) is 0 Å². The van der Waals surface area contributed by atoms with Crippen LogP contribution in [-0.2, 0) is 10.0 Å². The van der Waals surface area contributed by atoms with E-state index in [4.69, 9.17) is 5.84 Å². The van der Waals surface area contributed by atoms with Crippen molar-refractivity contribution in [2.45, 2.75) is 24.2 Å². The summed E-state index contributed by atoms with van der Waals surface area (Å²) in [5.41, 5.74) is 2.24. The molecule has 0 fully saturated rings. The quantitative estimate of drug-likeness (QED) is 0.347. The van der Waals surface area contributed by atoms with Crippen LogP contribution in [0.4, 0.5) is 5.95 Å². The van der Waals surface area contributed by atoms with Gasteiger partial charge in [-0.15, -0.1) is 0 Å². The Morgan fingerprint density at radius 3 is 2.53 bits per heavy atom. The topological polar surface area (TPSA) is 110 Å². The first kappa shape index (κ1) is 16.2. The van der Waals surface area contributed by atoms with Gasteiger partial charge in [-0.05, 0) is 24.9 Å². The molecule has 0 unspecified atom stereocenters. The molecule has 0 amide bonds. The van der Waals surface area contributed by atoms with Crippen molar-refractivity contribution in [3.63, 3.8) is 0 Å². The summed E-state index contributed by atoms with van der Waals surface area (Å²) in [4.78, 5) is 7.56. The molecule has 7 nitrogen and oxygen atoms in total. The fourth-order valence-electron chi connectivity index (χ4n) is 1.37. The molecule has 0 aliphatic heterocycles. The highest BCUT2D eigenvalue weighted by Crippen LogP contribution is 2.07. The fraction of sp³-hybridized carbons (Fsp3) is 0.600. The minimum Gasteiger partial charge on any atom is -0.292 e. The summed E-state index contributed by atoms with van der Waals surface area (Å²) < 4.78 is 26.3. The average molecular weight is 305 g/mol. The van der Waals surface area contributed by atoms with E-state index in [-0.39, 0.29) is 10.8 Å². The first-order chi connectivity index (χ1) is 9.10. The largest absolute Gasteiger partial charge is 0.292 e. The van der Waals surface area contributed by atoms with Gasteiger partial charge in [0, 0.05) is 6.54 Å². The van der Waals surface area contributed by atoms with Crippen LogP contribution in [0.25, 0.3) is 0 Å². The van der Waals surface area contributed by atoms with E-state index in [1.165, 1.54) is 12.4 Å². The summed E-state index contributed by atoms with van der Waals surface area (Å²) in [5, 5.41) is 0. The molecule has 0 aliphatic carbocycles. The number of nitrogens with one attached hydrogen (secondary N) is 2. The van der Waals surface area contributed by atoms with Gasteiger partial charge in [-0.3, -0.25) is 5.43 Å². The van der Waals surface area contributed by atoms with E-state index in [1.54, 1.807) is 11.8 Å². The van der Waals surface area contributed by atoms with Gasteiger partial charge < -0.3 is 0 Å². The van der Waals surface area contributed by atoms with Crippen molar-refractivity contribution in [2.75, 3.05) is 24.0 Å². The van der Waals surface area contributed by atoms with E-state index in [1.807, 2.05) is 0 Å². The summed E-state index contributed by atoms with van der Waals surface area (Å²) >= 11 is 1.79. The van der Waals surface area contributed by atoms with Crippen molar-refractivity contribution < 1.29 is 8.42 Å². The van der Waals surface area contributed by atoms with Crippen LogP contribution in [0.1, 0.15) is 19.3 Å². The van der Waals surface area contributed by atoms with Crippen LogP contribution in [0.15, 0.2) is 17.3 Å². The van der Waals surface area contributed by atoms with Crippen LogP contribution in [0.2, 0.25) is 0 Å². The third kappa shape index (κ3) is 5.72. The first-order valence-corrected chi connectivity index (χ1v) is 8.75. The summed E-state index contributed by atoms with van der Waals surface area (Å²) in [6, 6.07) is 0. The van der Waals surface area contributed by atoms with Crippen molar-refractivity contribution in [3.8, 4) is 0 Å². The van der Waals surface area contributed by atoms with Crippen LogP contribution < -0.4 is 16.0 Å². The van der Waals surface area contributed by atoms with E-state index < -0.39 is 10.0 Å². The highest BCUT2D eigenvalue weighted by atomic mass is 32.2. The van der Waals surface area contributed by atoms with Gasteiger partial charge in [0.15, 0.2) is 0 Å². The Labute approximate surface area is 117 Å². The molecule has 0 saturated heterocycles. The maximum absolute atomic E-state index is 11.9. The standard InChI is InChI=1S/C10H19N5O2S2/c1-18-6-4-2-3-5-14-19(16,17)9-7-12-10(15-11)13-8-9/h7-8,14H,2-6,11H2,1H3,(H,12,13,15). The van der Waals surface area contributed by atoms with Gasteiger partial charge in [0.2, 0.25) is 16.0 Å². The molecule has 0 radical (unpaired) electrons. The third-order valence-electron chi connectivity index (χ3n) is 2.38. The van der Waals surface area contributed by atoms with Crippen molar-refractivity contribution in [3.05, 3.63) is 12.4 Å². The summed E-state index contributed by atoms with van der Waals surface area (Å²) in [7, 11) is -3.53. The second-order valence-electron chi connectivity index (χ2n) is 3.84. The molecule has 108 valence electrons. The molecule has 0 aliphatic rings. The van der Waals surface area contributed by atoms with Crippen molar-refractivity contribution in [1.82, 2.24) is 14.7 Å². The number of nitrogen functional groups attached to an aromatic ring is 1. The van der Waals surface area contributed by atoms with E-state index in [2.05, 4.69) is 26.4 Å². The summed E-state index contributed by atoms with van der Waals surface area (Å²) in [6.07, 6.45) is 7.43. The Hall–Kier alpha value is -0.900. The second-order valence-corrected chi connectivity index (χ2v) is 6.59. The molecule has 1 heterocycles. The number of rotatable bonds is 9. The van der Waals surface area contributed by atoms with Gasteiger partial charge in [-0.25, -0.2) is 29.0 Å². The summed E-state index contributed by atoms with van der Waals surface area (Å²) in [5.74, 6) is 6.39. The number of thioether (sulfide) groups is 1. The molecular formula is C10H19N5O2S2. The maximum Gasteiger partial charge on any atom is 0.243 e. The van der Waals surface area contributed by atoms with Crippen molar-refractivity contribution in [1.29, 1.82) is 0 Å². The second kappa shape index (κ2) is 8.31. The number of sulfonamides is 1. The predicted octanol–water partition coefficient (Wildman–Crippen LogP) is 0.574. The zero-order valence-corrected chi connectivity index (χ0v) is 12.4. The van der Waals surface area contributed by atoms with Crippen LogP contribution in [-0.4, -0.2) is 36.9 Å². The maximum atomic E-state index is 11.9. The van der Waals surface area contributed by atoms with Crippen LogP contribution in [0, 0.1) is 0 Å². The molecular weight excluding hydrogens is 286 g/mol. The Balaban J connectivity index is 2.42. The average Bonchev–Trinajstić information content (AvgIpc) is 2.43. The Morgan fingerprint density at radius 1 is 1.26 bits per heavy atom. The normalized spacial score (nSPS) is 11.5. The first-order valence-electron chi connectivity index (χ1n) is 5.87. The molecule has 4 N–H and O–H groups in total. The van der Waals surface area contributed by atoms with Gasteiger partial charge in [0.25, 0.3) is 0 Å². The Bertz CT molecular complexity index is 463. The monoisotopic (exact) mass is 305 g/mol. The number of anilines is 1. The molecule has 1 rings (SSSR count). The lowest BCUT2D eigenvalue weighted by atomic mass is 10.2. The number of aromatic nitrogens is 2. The number of hydrogen-bond acceptors (Lipinski definition) is 7. The zero-order valence-electron chi connectivity index (χ0n) is 10.8. The predicted molar refractivity (Wildman–Crippen MR) is 77.3 cm³/mol. The minimum atomic E-state index is -3.53. The Morgan fingerprint density at radius 2 is 1.95 bits per heavy atom. The molecule has 19 heavy (non-hydrogen) atoms. The lowest BCUT2D eigenvalue weighted by molar-refractivity contribution is 0.575. The van der Waals surface area contributed by atoms with Crippen molar-refractivity contribution in [2.24, 2.45) is 5.84 Å².